The fourth-order valence-corrected chi connectivity index (χ4v) is 2.86. The van der Waals surface area contributed by atoms with E-state index in [9.17, 15) is 9.59 Å². The van der Waals surface area contributed by atoms with Crippen molar-refractivity contribution >= 4 is 18.1 Å². The van der Waals surface area contributed by atoms with Crippen LogP contribution in [0.1, 0.15) is 32.6 Å². The summed E-state index contributed by atoms with van der Waals surface area (Å²) in [6, 6.07) is 19.6. The zero-order chi connectivity index (χ0) is 22.2. The lowest BCUT2D eigenvalue weighted by molar-refractivity contribution is -0.123. The molecule has 1 amide bonds. The van der Waals surface area contributed by atoms with Gasteiger partial charge >= 0.3 is 5.97 Å². The van der Waals surface area contributed by atoms with E-state index in [1.54, 1.807) is 48.5 Å². The van der Waals surface area contributed by atoms with E-state index in [4.69, 9.17) is 9.47 Å². The van der Waals surface area contributed by atoms with Gasteiger partial charge in [0.2, 0.25) is 0 Å². The van der Waals surface area contributed by atoms with Crippen molar-refractivity contribution in [1.29, 1.82) is 0 Å². The van der Waals surface area contributed by atoms with Crippen LogP contribution in [0, 0.1) is 20.8 Å². The van der Waals surface area contributed by atoms with Gasteiger partial charge in [0.25, 0.3) is 5.91 Å². The van der Waals surface area contributed by atoms with Crippen LogP contribution in [0.25, 0.3) is 0 Å². The van der Waals surface area contributed by atoms with Crippen molar-refractivity contribution in [2.75, 3.05) is 6.61 Å². The van der Waals surface area contributed by atoms with Crippen molar-refractivity contribution in [2.24, 2.45) is 5.10 Å². The minimum absolute atomic E-state index is 0.128. The van der Waals surface area contributed by atoms with Crippen molar-refractivity contribution in [1.82, 2.24) is 5.43 Å². The monoisotopic (exact) mass is 416 g/mol. The first-order valence-electron chi connectivity index (χ1n) is 9.83. The second-order valence-corrected chi connectivity index (χ2v) is 7.06. The molecule has 0 aromatic heterocycles. The standard InChI is InChI=1S/C25H24N2O4/c1-17-9-10-18(2)24(19(17)3)30-16-23(28)27-26-15-20-11-13-22(14-12-20)31-25(29)21-7-5-4-6-8-21/h4-15H,16H2,1-3H3,(H,27,28)/b26-15-. The number of nitrogens with zero attached hydrogens (tertiary/aromatic N) is 1. The van der Waals surface area contributed by atoms with Gasteiger partial charge in [-0.15, -0.1) is 0 Å². The molecule has 0 aliphatic rings. The smallest absolute Gasteiger partial charge is 0.343 e. The van der Waals surface area contributed by atoms with E-state index in [0.717, 1.165) is 28.0 Å². The van der Waals surface area contributed by atoms with Crippen LogP contribution in [0.3, 0.4) is 0 Å². The number of carbonyl (C=O) groups is 2. The molecule has 6 nitrogen and oxygen atoms in total. The molecule has 6 heteroatoms. The largest absolute Gasteiger partial charge is 0.483 e. The summed E-state index contributed by atoms with van der Waals surface area (Å²) >= 11 is 0. The van der Waals surface area contributed by atoms with Crippen LogP contribution in [0.4, 0.5) is 0 Å². The summed E-state index contributed by atoms with van der Waals surface area (Å²) in [5, 5.41) is 3.94. The molecule has 0 fully saturated rings. The highest BCUT2D eigenvalue weighted by molar-refractivity contribution is 5.91. The molecule has 3 aromatic carbocycles. The minimum Gasteiger partial charge on any atom is -0.483 e. The molecule has 0 saturated carbocycles. The molecule has 0 bridgehead atoms. The van der Waals surface area contributed by atoms with E-state index in [-0.39, 0.29) is 12.5 Å². The number of ether oxygens (including phenoxy) is 2. The van der Waals surface area contributed by atoms with Crippen LogP contribution in [0.5, 0.6) is 11.5 Å². The van der Waals surface area contributed by atoms with Crippen LogP contribution in [0.15, 0.2) is 71.8 Å². The molecule has 0 radical (unpaired) electrons. The third-order valence-corrected chi connectivity index (χ3v) is 4.72. The van der Waals surface area contributed by atoms with E-state index in [0.29, 0.717) is 11.3 Å². The number of carbonyl (C=O) groups excluding carboxylic acids is 2. The molecule has 0 aliphatic carbocycles. The number of rotatable bonds is 7. The highest BCUT2D eigenvalue weighted by atomic mass is 16.5. The molecule has 3 rings (SSSR count). The van der Waals surface area contributed by atoms with E-state index in [1.165, 1.54) is 6.21 Å². The van der Waals surface area contributed by atoms with Crippen molar-refractivity contribution in [3.8, 4) is 11.5 Å². The number of hydrogen-bond acceptors (Lipinski definition) is 5. The Labute approximate surface area is 181 Å². The third-order valence-electron chi connectivity index (χ3n) is 4.72. The number of amides is 1. The van der Waals surface area contributed by atoms with Gasteiger partial charge in [0.1, 0.15) is 11.5 Å². The van der Waals surface area contributed by atoms with Crippen LogP contribution in [0.2, 0.25) is 0 Å². The van der Waals surface area contributed by atoms with Gasteiger partial charge < -0.3 is 9.47 Å². The summed E-state index contributed by atoms with van der Waals surface area (Å²) in [4.78, 5) is 24.1. The van der Waals surface area contributed by atoms with Crippen LogP contribution in [-0.2, 0) is 4.79 Å². The van der Waals surface area contributed by atoms with Crippen molar-refractivity contribution in [2.45, 2.75) is 20.8 Å². The Morgan fingerprint density at radius 1 is 0.903 bits per heavy atom. The van der Waals surface area contributed by atoms with Gasteiger partial charge in [0.05, 0.1) is 11.8 Å². The number of hydrazone groups is 1. The van der Waals surface area contributed by atoms with Gasteiger partial charge in [-0.3, -0.25) is 4.79 Å². The molecule has 0 atom stereocenters. The zero-order valence-corrected chi connectivity index (χ0v) is 17.7. The molecule has 31 heavy (non-hydrogen) atoms. The Morgan fingerprint density at radius 3 is 2.29 bits per heavy atom. The van der Waals surface area contributed by atoms with E-state index < -0.39 is 5.97 Å². The lowest BCUT2D eigenvalue weighted by atomic mass is 10.1. The maximum atomic E-state index is 12.1. The average Bonchev–Trinajstić information content (AvgIpc) is 2.78. The molecular weight excluding hydrogens is 392 g/mol. The highest BCUT2D eigenvalue weighted by Gasteiger charge is 2.09. The molecule has 0 unspecified atom stereocenters. The van der Waals surface area contributed by atoms with Gasteiger partial charge in [0.15, 0.2) is 6.61 Å². The Bertz CT molecular complexity index is 1090. The number of nitrogens with one attached hydrogen (secondary N) is 1. The number of esters is 1. The first kappa shape index (κ1) is 21.8. The molecule has 3 aromatic rings. The van der Waals surface area contributed by atoms with Gasteiger partial charge in [-0.2, -0.15) is 5.10 Å². The Balaban J connectivity index is 1.49. The number of hydrogen-bond donors (Lipinski definition) is 1. The summed E-state index contributed by atoms with van der Waals surface area (Å²) in [7, 11) is 0. The zero-order valence-electron chi connectivity index (χ0n) is 17.7. The Morgan fingerprint density at radius 2 is 1.58 bits per heavy atom. The SMILES string of the molecule is Cc1ccc(C)c(OCC(=O)N/N=C\c2ccc(OC(=O)c3ccccc3)cc2)c1C. The topological polar surface area (TPSA) is 77.0 Å². The lowest BCUT2D eigenvalue weighted by Crippen LogP contribution is -2.25. The maximum absolute atomic E-state index is 12.1. The fourth-order valence-electron chi connectivity index (χ4n) is 2.86. The van der Waals surface area contributed by atoms with Crippen LogP contribution in [-0.4, -0.2) is 24.7 Å². The molecule has 0 saturated heterocycles. The van der Waals surface area contributed by atoms with Crippen molar-refractivity contribution in [3.05, 3.63) is 94.5 Å². The maximum Gasteiger partial charge on any atom is 0.343 e. The second-order valence-electron chi connectivity index (χ2n) is 7.06. The molecule has 158 valence electrons. The van der Waals surface area contributed by atoms with Crippen molar-refractivity contribution in [3.63, 3.8) is 0 Å². The first-order valence-corrected chi connectivity index (χ1v) is 9.83. The molecular formula is C25H24N2O4. The van der Waals surface area contributed by atoms with Gasteiger partial charge in [-0.25, -0.2) is 10.2 Å². The normalized spacial score (nSPS) is 10.7. The highest BCUT2D eigenvalue weighted by Crippen LogP contribution is 2.25. The summed E-state index contributed by atoms with van der Waals surface area (Å²) in [5.74, 6) is 0.366. The fraction of sp³-hybridized carbons (Fsp3) is 0.160. The van der Waals surface area contributed by atoms with Gasteiger partial charge in [-0.05, 0) is 79.4 Å². The first-order chi connectivity index (χ1) is 14.9. The number of aryl methyl sites for hydroxylation is 2. The summed E-state index contributed by atoms with van der Waals surface area (Å²) in [5.41, 5.74) is 6.77. The number of benzene rings is 3. The molecule has 0 spiro atoms. The molecule has 0 heterocycles. The summed E-state index contributed by atoms with van der Waals surface area (Å²) in [6.07, 6.45) is 1.50. The molecule has 0 aliphatic heterocycles. The second kappa shape index (κ2) is 10.2. The Kier molecular flexibility index (Phi) is 7.17. The summed E-state index contributed by atoms with van der Waals surface area (Å²) < 4.78 is 11.0. The van der Waals surface area contributed by atoms with Gasteiger partial charge in [0, 0.05) is 0 Å². The van der Waals surface area contributed by atoms with Crippen LogP contribution < -0.4 is 14.9 Å². The minimum atomic E-state index is -0.423. The van der Waals surface area contributed by atoms with Crippen molar-refractivity contribution < 1.29 is 19.1 Å². The van der Waals surface area contributed by atoms with E-state index in [2.05, 4.69) is 10.5 Å². The van der Waals surface area contributed by atoms with Gasteiger partial charge in [-0.1, -0.05) is 30.3 Å². The van der Waals surface area contributed by atoms with Crippen LogP contribution >= 0.6 is 0 Å². The van der Waals surface area contributed by atoms with E-state index in [1.807, 2.05) is 39.0 Å². The molecule has 1 N–H and O–H groups in total. The quantitative estimate of drug-likeness (QED) is 0.269. The Hall–Kier alpha value is -3.93. The predicted molar refractivity (Wildman–Crippen MR) is 120 cm³/mol. The third kappa shape index (κ3) is 6.02. The predicted octanol–water partition coefficient (Wildman–Crippen LogP) is 4.36. The average molecular weight is 416 g/mol. The lowest BCUT2D eigenvalue weighted by Gasteiger charge is -2.13. The summed E-state index contributed by atoms with van der Waals surface area (Å²) in [6.45, 7) is 5.78. The van der Waals surface area contributed by atoms with E-state index >= 15 is 0 Å².